The molecule has 1 aliphatic carbocycles. The fraction of sp³-hybridized carbons (Fsp3) is 0.300. The van der Waals surface area contributed by atoms with Crippen molar-refractivity contribution in [3.05, 3.63) is 95.6 Å². The molecule has 38 heavy (non-hydrogen) atoms. The van der Waals surface area contributed by atoms with Crippen LogP contribution in [0.5, 0.6) is 0 Å². The van der Waals surface area contributed by atoms with Crippen LogP contribution in [-0.4, -0.2) is 47.6 Å². The summed E-state index contributed by atoms with van der Waals surface area (Å²) in [6, 6.07) is 22.6. The number of hydrogen-bond donors (Lipinski definition) is 3. The molecule has 0 heterocycles. The molecule has 0 aliphatic heterocycles. The molecule has 0 unspecified atom stereocenters. The molecule has 8 nitrogen and oxygen atoms in total. The van der Waals surface area contributed by atoms with E-state index in [0.717, 1.165) is 27.8 Å². The Hall–Kier alpha value is -4.33. The van der Waals surface area contributed by atoms with Crippen LogP contribution in [0.25, 0.3) is 11.1 Å². The number of amides is 2. The first-order chi connectivity index (χ1) is 18.1. The van der Waals surface area contributed by atoms with E-state index in [1.165, 1.54) is 0 Å². The van der Waals surface area contributed by atoms with Crippen molar-refractivity contribution in [2.75, 3.05) is 6.61 Å². The summed E-state index contributed by atoms with van der Waals surface area (Å²) in [5.41, 5.74) is 4.31. The molecule has 3 N–H and O–H groups in total. The molecular weight excluding hydrogens is 484 g/mol. The van der Waals surface area contributed by atoms with Gasteiger partial charge in [-0.15, -0.1) is 0 Å². The Morgan fingerprint density at radius 1 is 0.816 bits per heavy atom. The summed E-state index contributed by atoms with van der Waals surface area (Å²) in [6.07, 6.45) is -1.51. The standard InChI is InChI=1S/C30H32N2O6/c1-30(2,3)38-29(36)32-26(27(33)34)25(17-19-11-5-4-6-12-19)31-28(35)37-18-24-22-15-9-7-13-20(22)21-14-8-10-16-23(21)24/h4-16,24-26H,17-18H2,1-3H3,(H,31,35)(H,32,36)(H,33,34)/t25-,26-/m0/s1. The van der Waals surface area contributed by atoms with E-state index in [1.54, 1.807) is 20.8 Å². The summed E-state index contributed by atoms with van der Waals surface area (Å²) in [5.74, 6) is -1.45. The Balaban J connectivity index is 1.50. The topological polar surface area (TPSA) is 114 Å². The molecule has 3 aromatic carbocycles. The minimum atomic E-state index is -1.45. The van der Waals surface area contributed by atoms with E-state index in [4.69, 9.17) is 9.47 Å². The third-order valence-electron chi connectivity index (χ3n) is 6.29. The van der Waals surface area contributed by atoms with Gasteiger partial charge >= 0.3 is 18.2 Å². The normalized spacial score (nSPS) is 14.0. The molecule has 0 aromatic heterocycles. The number of carboxylic acids is 1. The molecule has 0 bridgehead atoms. The Morgan fingerprint density at radius 2 is 1.37 bits per heavy atom. The van der Waals surface area contributed by atoms with E-state index in [-0.39, 0.29) is 18.9 Å². The van der Waals surface area contributed by atoms with Crippen molar-refractivity contribution in [1.29, 1.82) is 0 Å². The summed E-state index contributed by atoms with van der Waals surface area (Å²) in [6.45, 7) is 5.12. The fourth-order valence-corrected chi connectivity index (χ4v) is 4.68. The summed E-state index contributed by atoms with van der Waals surface area (Å²) in [4.78, 5) is 37.6. The van der Waals surface area contributed by atoms with Gasteiger partial charge in [-0.3, -0.25) is 0 Å². The minimum absolute atomic E-state index is 0.0785. The van der Waals surface area contributed by atoms with E-state index in [0.29, 0.717) is 0 Å². The largest absolute Gasteiger partial charge is 0.480 e. The second-order valence-corrected chi connectivity index (χ2v) is 10.2. The van der Waals surface area contributed by atoms with Crippen molar-refractivity contribution in [3.8, 4) is 11.1 Å². The highest BCUT2D eigenvalue weighted by Crippen LogP contribution is 2.44. The van der Waals surface area contributed by atoms with Gasteiger partial charge in [-0.25, -0.2) is 14.4 Å². The Kier molecular flexibility index (Phi) is 8.00. The SMILES string of the molecule is CC(C)(C)OC(=O)N[C@H](C(=O)O)[C@H](Cc1ccccc1)NC(=O)OCC1c2ccccc2-c2ccccc21. The second-order valence-electron chi connectivity index (χ2n) is 10.2. The van der Waals surface area contributed by atoms with E-state index < -0.39 is 35.8 Å². The molecule has 8 heteroatoms. The van der Waals surface area contributed by atoms with Crippen LogP contribution in [0.4, 0.5) is 9.59 Å². The first kappa shape index (κ1) is 26.7. The van der Waals surface area contributed by atoms with Gasteiger partial charge in [0.05, 0.1) is 6.04 Å². The number of aliphatic carboxylic acids is 1. The maximum absolute atomic E-state index is 13.0. The molecule has 198 valence electrons. The van der Waals surface area contributed by atoms with Crippen LogP contribution in [0.2, 0.25) is 0 Å². The van der Waals surface area contributed by atoms with Crippen molar-refractivity contribution in [2.24, 2.45) is 0 Å². The van der Waals surface area contributed by atoms with Gasteiger partial charge in [0.25, 0.3) is 0 Å². The van der Waals surface area contributed by atoms with Crippen molar-refractivity contribution in [2.45, 2.75) is 50.8 Å². The molecule has 0 fully saturated rings. The lowest BCUT2D eigenvalue weighted by Gasteiger charge is -2.27. The van der Waals surface area contributed by atoms with Gasteiger partial charge in [0, 0.05) is 5.92 Å². The number of rotatable bonds is 8. The molecule has 2 amide bonds. The maximum Gasteiger partial charge on any atom is 0.408 e. The monoisotopic (exact) mass is 516 g/mol. The van der Waals surface area contributed by atoms with Gasteiger partial charge in [-0.05, 0) is 55.0 Å². The molecule has 4 rings (SSSR count). The van der Waals surface area contributed by atoms with Crippen LogP contribution in [0.3, 0.4) is 0 Å². The summed E-state index contributed by atoms with van der Waals surface area (Å²) in [5, 5.41) is 15.0. The summed E-state index contributed by atoms with van der Waals surface area (Å²) in [7, 11) is 0. The minimum Gasteiger partial charge on any atom is -0.480 e. The second kappa shape index (κ2) is 11.4. The molecular formula is C30H32N2O6. The Bertz CT molecular complexity index is 1260. The predicted molar refractivity (Wildman–Crippen MR) is 143 cm³/mol. The van der Waals surface area contributed by atoms with Gasteiger partial charge in [0.2, 0.25) is 0 Å². The van der Waals surface area contributed by atoms with Gasteiger partial charge in [-0.2, -0.15) is 0 Å². The fourth-order valence-electron chi connectivity index (χ4n) is 4.68. The van der Waals surface area contributed by atoms with Crippen LogP contribution >= 0.6 is 0 Å². The van der Waals surface area contributed by atoms with Crippen LogP contribution in [0.1, 0.15) is 43.4 Å². The maximum atomic E-state index is 13.0. The number of carbonyl (C=O) groups excluding carboxylic acids is 2. The molecule has 1 aliphatic rings. The highest BCUT2D eigenvalue weighted by Gasteiger charge is 2.34. The van der Waals surface area contributed by atoms with Crippen LogP contribution in [0.15, 0.2) is 78.9 Å². The molecule has 0 radical (unpaired) electrons. The quantitative estimate of drug-likeness (QED) is 0.383. The van der Waals surface area contributed by atoms with Crippen LogP contribution in [-0.2, 0) is 20.7 Å². The zero-order chi connectivity index (χ0) is 27.3. The predicted octanol–water partition coefficient (Wildman–Crippen LogP) is 5.11. The van der Waals surface area contributed by atoms with Gasteiger partial charge in [-0.1, -0.05) is 78.9 Å². The highest BCUT2D eigenvalue weighted by molar-refractivity contribution is 5.82. The summed E-state index contributed by atoms with van der Waals surface area (Å²) >= 11 is 0. The van der Waals surface area contributed by atoms with E-state index in [2.05, 4.69) is 10.6 Å². The van der Waals surface area contributed by atoms with Gasteiger partial charge in [0.1, 0.15) is 12.2 Å². The zero-order valence-electron chi connectivity index (χ0n) is 21.6. The number of carboxylic acid groups (broad SMARTS) is 1. The number of hydrogen-bond acceptors (Lipinski definition) is 5. The lowest BCUT2D eigenvalue weighted by molar-refractivity contribution is -0.140. The third kappa shape index (κ3) is 6.51. The van der Waals surface area contributed by atoms with Gasteiger partial charge in [0.15, 0.2) is 6.04 Å². The summed E-state index contributed by atoms with van der Waals surface area (Å²) < 4.78 is 10.9. The first-order valence-corrected chi connectivity index (χ1v) is 12.5. The van der Waals surface area contributed by atoms with Crippen molar-refractivity contribution in [3.63, 3.8) is 0 Å². The molecule has 2 atom stereocenters. The average Bonchev–Trinajstić information content (AvgIpc) is 3.19. The Morgan fingerprint density at radius 3 is 1.92 bits per heavy atom. The number of carbonyl (C=O) groups is 3. The van der Waals surface area contributed by atoms with Gasteiger partial charge < -0.3 is 25.2 Å². The lowest BCUT2D eigenvalue weighted by atomic mass is 9.98. The first-order valence-electron chi connectivity index (χ1n) is 12.5. The molecule has 0 saturated carbocycles. The number of fused-ring (bicyclic) bond motifs is 3. The van der Waals surface area contributed by atoms with E-state index in [1.807, 2.05) is 78.9 Å². The zero-order valence-corrected chi connectivity index (χ0v) is 21.6. The Labute approximate surface area is 222 Å². The average molecular weight is 517 g/mol. The molecule has 0 saturated heterocycles. The number of benzene rings is 3. The molecule has 0 spiro atoms. The van der Waals surface area contributed by atoms with Crippen LogP contribution < -0.4 is 10.6 Å². The van der Waals surface area contributed by atoms with Crippen molar-refractivity contribution >= 4 is 18.2 Å². The van der Waals surface area contributed by atoms with E-state index >= 15 is 0 Å². The smallest absolute Gasteiger partial charge is 0.408 e. The third-order valence-corrected chi connectivity index (χ3v) is 6.29. The van der Waals surface area contributed by atoms with Crippen molar-refractivity contribution < 1.29 is 29.0 Å². The lowest BCUT2D eigenvalue weighted by Crippen LogP contribution is -2.57. The number of ether oxygens (including phenoxy) is 2. The molecule has 3 aromatic rings. The van der Waals surface area contributed by atoms with Crippen molar-refractivity contribution in [1.82, 2.24) is 10.6 Å². The highest BCUT2D eigenvalue weighted by atomic mass is 16.6. The van der Waals surface area contributed by atoms with Crippen LogP contribution in [0, 0.1) is 0 Å². The van der Waals surface area contributed by atoms with E-state index in [9.17, 15) is 19.5 Å². The number of alkyl carbamates (subject to hydrolysis) is 2. The number of nitrogens with one attached hydrogen (secondary N) is 2.